The Morgan fingerprint density at radius 2 is 1.33 bits per heavy atom. The third kappa shape index (κ3) is 9.68. The Bertz CT molecular complexity index is 4380. The van der Waals surface area contributed by atoms with Crippen molar-refractivity contribution in [3.05, 3.63) is 202 Å². The van der Waals surface area contributed by atoms with Crippen LogP contribution in [0.15, 0.2) is 146 Å². The summed E-state index contributed by atoms with van der Waals surface area (Å²) in [4.78, 5) is 71.3. The number of benzene rings is 2. The van der Waals surface area contributed by atoms with Gasteiger partial charge in [0.25, 0.3) is 17.7 Å². The van der Waals surface area contributed by atoms with Gasteiger partial charge in [-0.3, -0.25) is 24.3 Å². The van der Waals surface area contributed by atoms with E-state index in [1.54, 1.807) is 12.1 Å². The zero-order chi connectivity index (χ0) is 52.4. The molecule has 0 atom stereocenters. The van der Waals surface area contributed by atoms with Crippen LogP contribution >= 0.6 is 0 Å². The van der Waals surface area contributed by atoms with Crippen LogP contribution in [0, 0.1) is 11.8 Å². The Hall–Kier alpha value is -9.57. The summed E-state index contributed by atoms with van der Waals surface area (Å²) < 4.78 is 2.14. The molecule has 78 heavy (non-hydrogen) atoms. The smallest absolute Gasteiger partial charge is 0.658 e. The first-order valence-electron chi connectivity index (χ1n) is 25.4. The minimum Gasteiger partial charge on any atom is -0.658 e. The molecule has 8 aromatic rings. The Labute approximate surface area is 461 Å². The second-order valence-corrected chi connectivity index (χ2v) is 20.2. The molecule has 0 saturated heterocycles. The minimum absolute atomic E-state index is 0. The standard InChI is InChI=1S/C64H48N10O3.Zn/c1-64(2)37-50-35-56-42(9-6-38-4-7-39(8-5-38)61-53-23-18-45(68-53)31-43-14-16-47(66-43)33-51-21-22-52(73(51)3)34-48-20-25-54(61)70-48)30-57(72-56)62(55-24-19-46(69-55)32-44-15-17-49(67-44)36-58(64)71-50)40-10-12-41(13-11-40)63(77)65-28-29-74-59(75)26-27-60(74)76;/h4-5,7-8,10-27,30-36H,28-29,37H2,1-3H3,(H4,65,66,67,68,69,70,71,72,75,76,77);/q;+2/p-1. The third-order valence-corrected chi connectivity index (χ3v) is 14.3. The summed E-state index contributed by atoms with van der Waals surface area (Å²) in [6.45, 7) is 4.61. The number of hydrogen-bond acceptors (Lipinski definition) is 6. The van der Waals surface area contributed by atoms with Gasteiger partial charge in [0.2, 0.25) is 11.4 Å². The number of nitrogens with zero attached hydrogens (tertiary/aromatic N) is 7. The fraction of sp³-hybridized carbons (Fsp3) is 0.109. The van der Waals surface area contributed by atoms with E-state index >= 15 is 0 Å². The SMILES string of the molecule is C[n+]1c2cc3ccc(cc4nc(c(-c5ccc(C#CC6=Cc7nc6cc6nc(cc8ccc(cc9ccc([nH]9)c7-c7ccc(C(=O)NCCN9C(=O)C=CC9=O)cc7)[nH]8)C(C)(C)C6)cc5)c5ccc(cc1C=C2)[n-]5)C=C4)[n-]3.[Zn+2]. The number of aromatic amines is 2. The van der Waals surface area contributed by atoms with E-state index in [2.05, 4.69) is 125 Å². The first-order valence-corrected chi connectivity index (χ1v) is 25.4. The van der Waals surface area contributed by atoms with Gasteiger partial charge in [-0.2, -0.15) is 4.57 Å². The first-order chi connectivity index (χ1) is 37.4. The van der Waals surface area contributed by atoms with Gasteiger partial charge in [0.05, 0.1) is 28.3 Å². The Balaban J connectivity index is 0.00000609. The Morgan fingerprint density at radius 3 is 2.10 bits per heavy atom. The first kappa shape index (κ1) is 49.3. The zero-order valence-corrected chi connectivity index (χ0v) is 45.9. The maximum atomic E-state index is 13.3. The van der Waals surface area contributed by atoms with Crippen LogP contribution in [0.2, 0.25) is 0 Å². The number of hydrogen-bond donors (Lipinski definition) is 3. The second-order valence-electron chi connectivity index (χ2n) is 20.2. The summed E-state index contributed by atoms with van der Waals surface area (Å²) in [7, 11) is 2.05. The van der Waals surface area contributed by atoms with Crippen molar-refractivity contribution in [3.63, 3.8) is 0 Å². The molecule has 0 aliphatic carbocycles. The average Bonchev–Trinajstić information content (AvgIpc) is 4.30. The Kier molecular flexibility index (Phi) is 12.6. The summed E-state index contributed by atoms with van der Waals surface area (Å²) in [5.41, 5.74) is 19.1. The normalized spacial score (nSPS) is 14.0. The fourth-order valence-corrected chi connectivity index (χ4v) is 10.3. The van der Waals surface area contributed by atoms with Gasteiger partial charge >= 0.3 is 19.5 Å². The molecule has 13 nitrogen and oxygen atoms in total. The quantitative estimate of drug-likeness (QED) is 0.0640. The molecule has 6 aromatic heterocycles. The van der Waals surface area contributed by atoms with Crippen molar-refractivity contribution in [2.45, 2.75) is 25.7 Å². The van der Waals surface area contributed by atoms with E-state index in [1.807, 2.05) is 78.9 Å². The van der Waals surface area contributed by atoms with E-state index in [4.69, 9.17) is 24.9 Å². The molecule has 3 amide bonds. The molecular weight excluding hydrogens is 1020 g/mol. The summed E-state index contributed by atoms with van der Waals surface area (Å²) >= 11 is 0. The van der Waals surface area contributed by atoms with Crippen LogP contribution in [0.25, 0.3) is 102 Å². The van der Waals surface area contributed by atoms with Crippen LogP contribution in [0.4, 0.5) is 0 Å². The van der Waals surface area contributed by atoms with Gasteiger partial charge < -0.3 is 25.3 Å². The minimum atomic E-state index is -0.392. The molecule has 2 aromatic carbocycles. The number of aromatic nitrogens is 8. The fourth-order valence-electron chi connectivity index (χ4n) is 10.3. The van der Waals surface area contributed by atoms with E-state index < -0.39 is 11.8 Å². The third-order valence-electron chi connectivity index (χ3n) is 14.3. The molecule has 372 valence electrons. The van der Waals surface area contributed by atoms with Crippen molar-refractivity contribution in [1.82, 2.24) is 45.1 Å². The number of carbonyl (C=O) groups excluding carboxylic acids is 3. The van der Waals surface area contributed by atoms with Crippen LogP contribution in [-0.2, 0) is 48.0 Å². The van der Waals surface area contributed by atoms with Crippen molar-refractivity contribution < 1.29 is 38.4 Å². The molecule has 0 unspecified atom stereocenters. The van der Waals surface area contributed by atoms with Crippen molar-refractivity contribution in [2.24, 2.45) is 7.05 Å². The number of carbonyl (C=O) groups is 3. The van der Waals surface area contributed by atoms with Crippen LogP contribution in [0.3, 0.4) is 0 Å². The molecule has 0 radical (unpaired) electrons. The van der Waals surface area contributed by atoms with Gasteiger partial charge in [-0.1, -0.05) is 80.3 Å². The topological polar surface area (TPSA) is 169 Å². The van der Waals surface area contributed by atoms with Gasteiger partial charge in [-0.15, -0.1) is 22.1 Å². The van der Waals surface area contributed by atoms with Crippen molar-refractivity contribution >= 4 is 97.8 Å². The predicted molar refractivity (Wildman–Crippen MR) is 302 cm³/mol. The van der Waals surface area contributed by atoms with Gasteiger partial charge in [0, 0.05) is 99.4 Å². The van der Waals surface area contributed by atoms with E-state index in [0.717, 1.165) is 117 Å². The van der Waals surface area contributed by atoms with E-state index in [9.17, 15) is 14.4 Å². The number of allylic oxidation sites excluding steroid dienone is 1. The van der Waals surface area contributed by atoms with Gasteiger partial charge in [0.15, 0.2) is 0 Å². The number of H-pyrrole nitrogens is 2. The number of rotatable bonds is 6. The molecule has 0 fully saturated rings. The van der Waals surface area contributed by atoms with Crippen molar-refractivity contribution in [3.8, 4) is 34.1 Å². The summed E-state index contributed by atoms with van der Waals surface area (Å²) in [5.74, 6) is 5.86. The molecular formula is C64H47N10O3Zn+. The summed E-state index contributed by atoms with van der Waals surface area (Å²) in [6.07, 6.45) is 13.4. The van der Waals surface area contributed by atoms with Gasteiger partial charge in [0.1, 0.15) is 7.05 Å². The van der Waals surface area contributed by atoms with E-state index in [1.165, 1.54) is 12.2 Å². The molecule has 0 spiro atoms. The summed E-state index contributed by atoms with van der Waals surface area (Å²) in [5, 5.41) is 2.84. The second kappa shape index (κ2) is 19.9. The Morgan fingerprint density at radius 1 is 0.667 bits per heavy atom. The van der Waals surface area contributed by atoms with Crippen LogP contribution in [-0.4, -0.2) is 60.6 Å². The molecule has 11 heterocycles. The number of imide groups is 1. The van der Waals surface area contributed by atoms with Crippen molar-refractivity contribution in [1.29, 1.82) is 0 Å². The maximum absolute atomic E-state index is 13.3. The van der Waals surface area contributed by atoms with E-state index in [0.29, 0.717) is 23.4 Å². The largest absolute Gasteiger partial charge is 2.00 e. The zero-order valence-electron chi connectivity index (χ0n) is 42.9. The van der Waals surface area contributed by atoms with Crippen molar-refractivity contribution in [2.75, 3.05) is 13.1 Å². The predicted octanol–water partition coefficient (Wildman–Crippen LogP) is 10.1. The van der Waals surface area contributed by atoms with Crippen LogP contribution in [0.5, 0.6) is 0 Å². The van der Waals surface area contributed by atoms with Crippen LogP contribution < -0.4 is 19.9 Å². The molecule has 5 aliphatic heterocycles. The van der Waals surface area contributed by atoms with Crippen LogP contribution in [0.1, 0.15) is 75.3 Å². The number of amides is 3. The number of nitrogens with one attached hydrogen (secondary N) is 3. The molecule has 3 N–H and O–H groups in total. The average molecular weight is 1070 g/mol. The molecule has 5 aliphatic rings. The number of fused-ring (bicyclic) bond motifs is 16. The molecule has 16 bridgehead atoms. The van der Waals surface area contributed by atoms with Gasteiger partial charge in [-0.25, -0.2) is 9.97 Å². The molecule has 13 rings (SSSR count). The molecule has 14 heteroatoms. The van der Waals surface area contributed by atoms with Gasteiger partial charge in [-0.05, 0) is 114 Å². The monoisotopic (exact) mass is 1070 g/mol. The molecule has 0 saturated carbocycles. The maximum Gasteiger partial charge on any atom is 2.00 e. The summed E-state index contributed by atoms with van der Waals surface area (Å²) in [6, 6.07) is 44.2. The van der Waals surface area contributed by atoms with E-state index in [-0.39, 0.29) is 43.9 Å².